The Morgan fingerprint density at radius 3 is 1.34 bits per heavy atom. The molecular weight excluding hydrogens is 1030 g/mol. The molecule has 6 N–H and O–H groups in total. The fourth-order valence-corrected chi connectivity index (χ4v) is 9.42. The molecule has 8 atom stereocenters. The Morgan fingerprint density at radius 2 is 0.878 bits per heavy atom. The number of hydrogen-bond acceptors (Lipinski definition) is 10. The number of amides is 1. The molecule has 0 aromatic heterocycles. The lowest BCUT2D eigenvalue weighted by Gasteiger charge is -2.41. The Morgan fingerprint density at radius 1 is 0.488 bits per heavy atom. The van der Waals surface area contributed by atoms with Gasteiger partial charge in [-0.1, -0.05) is 251 Å². The molecule has 82 heavy (non-hydrogen) atoms. The fraction of sp³-hybridized carbons (Fsp3) is 0.690. The first-order valence-electron chi connectivity index (χ1n) is 32.8. The number of rotatable bonds is 54. The van der Waals surface area contributed by atoms with Gasteiger partial charge in [0.25, 0.3) is 0 Å². The van der Waals surface area contributed by atoms with E-state index < -0.39 is 67.4 Å². The Balaban J connectivity index is 2.68. The molecule has 0 aromatic carbocycles. The van der Waals surface area contributed by atoms with Crippen LogP contribution in [0, 0.1) is 0 Å². The first-order chi connectivity index (χ1) is 40.2. The first kappa shape index (κ1) is 76.1. The Bertz CT molecular complexity index is 1800. The number of carbonyl (C=O) groups is 2. The summed E-state index contributed by atoms with van der Waals surface area (Å²) in [5.74, 6) is -1.24. The van der Waals surface area contributed by atoms with E-state index >= 15 is 0 Å². The van der Waals surface area contributed by atoms with Crippen molar-refractivity contribution in [2.75, 3.05) is 13.2 Å². The fourth-order valence-electron chi connectivity index (χ4n) is 9.42. The van der Waals surface area contributed by atoms with E-state index in [9.17, 15) is 35.1 Å². The van der Waals surface area contributed by atoms with Crippen molar-refractivity contribution in [2.24, 2.45) is 0 Å². The van der Waals surface area contributed by atoms with Crippen LogP contribution in [0.5, 0.6) is 0 Å². The Kier molecular flexibility index (Phi) is 53.3. The minimum Gasteiger partial charge on any atom is -0.454 e. The molecule has 11 heteroatoms. The van der Waals surface area contributed by atoms with Gasteiger partial charge in [-0.25, -0.2) is 0 Å². The van der Waals surface area contributed by atoms with Crippen molar-refractivity contribution >= 4 is 11.9 Å². The van der Waals surface area contributed by atoms with Crippen LogP contribution < -0.4 is 5.32 Å². The second-order valence-corrected chi connectivity index (χ2v) is 22.1. The zero-order chi connectivity index (χ0) is 59.6. The maximum Gasteiger partial charge on any atom is 0.306 e. The van der Waals surface area contributed by atoms with Crippen LogP contribution in [0.2, 0.25) is 0 Å². The number of ether oxygens (including phenoxy) is 3. The Labute approximate surface area is 500 Å². The van der Waals surface area contributed by atoms with Crippen molar-refractivity contribution < 1.29 is 49.3 Å². The van der Waals surface area contributed by atoms with Gasteiger partial charge in [-0.2, -0.15) is 0 Å². The molecule has 1 amide bonds. The summed E-state index contributed by atoms with van der Waals surface area (Å²) in [6, 6.07) is -1.05. The van der Waals surface area contributed by atoms with Gasteiger partial charge in [0.1, 0.15) is 24.4 Å². The van der Waals surface area contributed by atoms with E-state index in [0.717, 1.165) is 135 Å². The molecule has 1 fully saturated rings. The van der Waals surface area contributed by atoms with E-state index in [2.05, 4.69) is 135 Å². The smallest absolute Gasteiger partial charge is 0.306 e. The highest BCUT2D eigenvalue weighted by molar-refractivity contribution is 5.80. The van der Waals surface area contributed by atoms with E-state index in [1.165, 1.54) is 70.6 Å². The van der Waals surface area contributed by atoms with E-state index in [1.54, 1.807) is 6.08 Å². The van der Waals surface area contributed by atoms with Crippen LogP contribution in [0.3, 0.4) is 0 Å². The van der Waals surface area contributed by atoms with Crippen LogP contribution in [0.15, 0.2) is 122 Å². The number of aliphatic hydroxyl groups excluding tert-OH is 5. The largest absolute Gasteiger partial charge is 0.454 e. The predicted molar refractivity (Wildman–Crippen MR) is 342 cm³/mol. The number of allylic oxidation sites excluding steroid dienone is 19. The van der Waals surface area contributed by atoms with E-state index in [4.69, 9.17) is 14.2 Å². The molecule has 0 aromatic rings. The maximum atomic E-state index is 13.4. The number of carbonyl (C=O) groups excluding carboxylic acids is 2. The highest BCUT2D eigenvalue weighted by Crippen LogP contribution is 2.26. The van der Waals surface area contributed by atoms with E-state index in [-0.39, 0.29) is 19.4 Å². The van der Waals surface area contributed by atoms with Crippen LogP contribution in [-0.2, 0) is 23.8 Å². The number of hydrogen-bond donors (Lipinski definition) is 6. The van der Waals surface area contributed by atoms with Crippen molar-refractivity contribution in [3.63, 3.8) is 0 Å². The Hall–Kier alpha value is -3.94. The predicted octanol–water partition coefficient (Wildman–Crippen LogP) is 16.2. The number of nitrogens with one attached hydrogen (secondary N) is 1. The van der Waals surface area contributed by atoms with Crippen molar-refractivity contribution in [3.8, 4) is 0 Å². The molecule has 1 aliphatic rings. The van der Waals surface area contributed by atoms with E-state index in [1.807, 2.05) is 6.08 Å². The highest BCUT2D eigenvalue weighted by Gasteiger charge is 2.47. The van der Waals surface area contributed by atoms with Crippen molar-refractivity contribution in [2.45, 2.75) is 301 Å². The van der Waals surface area contributed by atoms with E-state index in [0.29, 0.717) is 12.8 Å². The third-order valence-electron chi connectivity index (χ3n) is 14.6. The van der Waals surface area contributed by atoms with Crippen LogP contribution in [-0.4, -0.2) is 99.6 Å². The molecular formula is C71H119NO10. The third-order valence-corrected chi connectivity index (χ3v) is 14.6. The van der Waals surface area contributed by atoms with Crippen molar-refractivity contribution in [1.29, 1.82) is 0 Å². The summed E-state index contributed by atoms with van der Waals surface area (Å²) in [6.07, 6.45) is 69.4. The molecule has 0 aliphatic carbocycles. The van der Waals surface area contributed by atoms with Crippen molar-refractivity contribution in [1.82, 2.24) is 5.32 Å². The molecule has 468 valence electrons. The minimum atomic E-state index is -1.64. The zero-order valence-electron chi connectivity index (χ0n) is 51.8. The molecule has 1 saturated heterocycles. The highest BCUT2D eigenvalue weighted by atomic mass is 16.7. The number of esters is 1. The SMILES string of the molecule is CC/C=C\C/C=C\C/C=C\C/C=C\C/C=C\C/C=C\CCCCCCC(=O)OC1C(OCC(NC(=O)C(O)CCCCCCC/C=C\C/C=C\C/C=C\CCCCC)C(O)/C=C/CCCCCCCCCCCC)OC(CO)C(O)C1O. The molecule has 11 nitrogen and oxygen atoms in total. The molecule has 0 bridgehead atoms. The summed E-state index contributed by atoms with van der Waals surface area (Å²) in [5, 5.41) is 57.1. The van der Waals surface area contributed by atoms with Crippen LogP contribution in [0.1, 0.15) is 252 Å². The standard InChI is InChI=1S/C71H119NO10/c1-4-7-10-13-16-19-22-25-27-29-31-32-33-34-35-37-39-41-44-47-50-53-56-59-66(76)82-69-68(78)67(77)65(60-73)81-71(69)80-61-62(63(74)57-54-51-48-45-42-24-21-18-15-12-9-6-3)72-70(79)64(75)58-55-52-49-46-43-40-38-36-30-28-26-23-20-17-14-11-8-5-2/h7,10,16-17,19-20,25-28,31-32,34-36,38-39,41,54,57,62-65,67-69,71,73-75,77-78H,4-6,8-9,11-15,18,21-24,29-30,33,37,40,42-53,55-56,58-61H2,1-3H3,(H,72,79)/b10-7-,19-16-,20-17-,27-25-,28-26-,32-31-,35-34-,38-36-,41-39-,57-54+. The number of aliphatic hydroxyl groups is 5. The van der Waals surface area contributed by atoms with Gasteiger partial charge in [0.2, 0.25) is 5.91 Å². The molecule has 0 saturated carbocycles. The minimum absolute atomic E-state index is 0.0851. The van der Waals surface area contributed by atoms with Crippen LogP contribution >= 0.6 is 0 Å². The van der Waals surface area contributed by atoms with Gasteiger partial charge >= 0.3 is 5.97 Å². The molecule has 1 heterocycles. The normalized spacial score (nSPS) is 19.4. The average molecular weight is 1150 g/mol. The molecule has 8 unspecified atom stereocenters. The molecule has 1 rings (SSSR count). The van der Waals surface area contributed by atoms with Gasteiger partial charge in [-0.3, -0.25) is 9.59 Å². The molecule has 0 spiro atoms. The summed E-state index contributed by atoms with van der Waals surface area (Å²) in [6.45, 7) is 5.62. The van der Waals surface area contributed by atoms with Crippen LogP contribution in [0.4, 0.5) is 0 Å². The summed E-state index contributed by atoms with van der Waals surface area (Å²) < 4.78 is 17.6. The van der Waals surface area contributed by atoms with Crippen LogP contribution in [0.25, 0.3) is 0 Å². The second kappa shape index (κ2) is 57.5. The lowest BCUT2D eigenvalue weighted by Crippen LogP contribution is -2.61. The lowest BCUT2D eigenvalue weighted by molar-refractivity contribution is -0.305. The maximum absolute atomic E-state index is 13.4. The van der Waals surface area contributed by atoms with Gasteiger partial charge in [-0.05, 0) is 116 Å². The summed E-state index contributed by atoms with van der Waals surface area (Å²) in [7, 11) is 0. The summed E-state index contributed by atoms with van der Waals surface area (Å²) in [4.78, 5) is 26.6. The third kappa shape index (κ3) is 44.6. The quantitative estimate of drug-likeness (QED) is 0.0195. The van der Waals surface area contributed by atoms with Gasteiger partial charge in [-0.15, -0.1) is 0 Å². The van der Waals surface area contributed by atoms with Gasteiger partial charge in [0.05, 0.1) is 25.4 Å². The zero-order valence-corrected chi connectivity index (χ0v) is 51.8. The first-order valence-corrected chi connectivity index (χ1v) is 32.8. The summed E-state index contributed by atoms with van der Waals surface area (Å²) in [5.41, 5.74) is 0. The summed E-state index contributed by atoms with van der Waals surface area (Å²) >= 11 is 0. The van der Waals surface area contributed by atoms with Gasteiger partial charge < -0.3 is 45.1 Å². The monoisotopic (exact) mass is 1150 g/mol. The van der Waals surface area contributed by atoms with Gasteiger partial charge in [0, 0.05) is 6.42 Å². The second-order valence-electron chi connectivity index (χ2n) is 22.1. The topological polar surface area (TPSA) is 175 Å². The van der Waals surface area contributed by atoms with Crippen molar-refractivity contribution in [3.05, 3.63) is 122 Å². The molecule has 0 radical (unpaired) electrons. The lowest BCUT2D eigenvalue weighted by atomic mass is 9.99. The number of unbranched alkanes of at least 4 members (excludes halogenated alkanes) is 22. The van der Waals surface area contributed by atoms with Gasteiger partial charge in [0.15, 0.2) is 12.4 Å². The molecule has 1 aliphatic heterocycles. The average Bonchev–Trinajstić information content (AvgIpc) is 3.44.